The molecule has 5 nitrogen and oxygen atoms in total. The first-order valence-electron chi connectivity index (χ1n) is 7.45. The molecule has 2 atom stereocenters. The zero-order valence-corrected chi connectivity index (χ0v) is 17.6. The average Bonchev–Trinajstić information content (AvgIpc) is 2.41. The number of hydrogen-bond acceptors (Lipinski definition) is 4. The molecule has 1 N–H and O–H groups in total. The molecule has 1 aromatic rings. The Hall–Kier alpha value is -0.930. The normalized spacial score (nSPS) is 14.8. The lowest BCUT2D eigenvalue weighted by molar-refractivity contribution is -0.153. The number of carbonyl (C=O) groups is 1. The second kappa shape index (κ2) is 7.97. The minimum Gasteiger partial charge on any atom is -0.460 e. The molecule has 0 radical (unpaired) electrons. The first kappa shape index (κ1) is 21.1. The van der Waals surface area contributed by atoms with E-state index in [2.05, 4.69) is 11.3 Å². The van der Waals surface area contributed by atoms with Crippen molar-refractivity contribution in [2.24, 2.45) is 5.41 Å². The van der Waals surface area contributed by atoms with Crippen LogP contribution in [0.4, 0.5) is 0 Å². The summed E-state index contributed by atoms with van der Waals surface area (Å²) in [6, 6.07) is 5.82. The lowest BCUT2D eigenvalue weighted by atomic mass is 9.84. The molecule has 1 rings (SSSR count). The zero-order chi connectivity index (χ0) is 18.7. The van der Waals surface area contributed by atoms with Gasteiger partial charge in [0.05, 0.1) is 10.9 Å². The van der Waals surface area contributed by atoms with E-state index in [0.717, 1.165) is 5.56 Å². The number of halogens is 1. The van der Waals surface area contributed by atoms with Gasteiger partial charge in [0.2, 0.25) is 10.0 Å². The molecule has 1 aromatic carbocycles. The Kier molecular flexibility index (Phi) is 7.01. The van der Waals surface area contributed by atoms with Crippen LogP contribution in [0, 0.1) is 12.3 Å². The van der Waals surface area contributed by atoms with Gasteiger partial charge in [0.25, 0.3) is 0 Å². The molecule has 0 bridgehead atoms. The van der Waals surface area contributed by atoms with Crippen molar-refractivity contribution in [3.8, 4) is 0 Å². The molecule has 134 valence electrons. The Morgan fingerprint density at radius 3 is 2.12 bits per heavy atom. The van der Waals surface area contributed by atoms with E-state index in [9.17, 15) is 13.2 Å². The molecule has 7 heteroatoms. The number of nitrogens with one attached hydrogen (secondary N) is 1. The van der Waals surface area contributed by atoms with Gasteiger partial charge in [-0.05, 0) is 41.6 Å². The highest BCUT2D eigenvalue weighted by Gasteiger charge is 2.38. The first-order valence-corrected chi connectivity index (χ1v) is 10.0. The predicted octanol–water partition coefficient (Wildman–Crippen LogP) is 3.57. The van der Waals surface area contributed by atoms with Crippen LogP contribution in [0.15, 0.2) is 39.3 Å². The number of aryl methyl sites for hydroxylation is 1. The van der Waals surface area contributed by atoms with E-state index < -0.39 is 33.6 Å². The van der Waals surface area contributed by atoms with E-state index in [-0.39, 0.29) is 4.90 Å². The maximum atomic E-state index is 12.7. The molecular formula is C17H24INO4S. The Labute approximate surface area is 158 Å². The number of carbonyl (C=O) groups excluding carboxylic acids is 1. The largest absolute Gasteiger partial charge is 0.460 e. The predicted molar refractivity (Wildman–Crippen MR) is 103 cm³/mol. The Balaban J connectivity index is 3.22. The number of esters is 1. The van der Waals surface area contributed by atoms with Crippen molar-refractivity contribution in [2.75, 3.05) is 0 Å². The van der Waals surface area contributed by atoms with E-state index >= 15 is 0 Å². The Morgan fingerprint density at radius 1 is 1.25 bits per heavy atom. The van der Waals surface area contributed by atoms with Gasteiger partial charge in [-0.1, -0.05) is 45.0 Å². The molecule has 0 fully saturated rings. The van der Waals surface area contributed by atoms with Crippen molar-refractivity contribution in [1.82, 2.24) is 4.72 Å². The van der Waals surface area contributed by atoms with E-state index in [1.807, 2.05) is 50.3 Å². The van der Waals surface area contributed by atoms with Crippen molar-refractivity contribution in [3.63, 3.8) is 0 Å². The molecule has 24 heavy (non-hydrogen) atoms. The third-order valence-electron chi connectivity index (χ3n) is 3.40. The van der Waals surface area contributed by atoms with Gasteiger partial charge in [0.15, 0.2) is 0 Å². The van der Waals surface area contributed by atoms with Crippen LogP contribution in [0.1, 0.15) is 33.3 Å². The van der Waals surface area contributed by atoms with Gasteiger partial charge in [-0.2, -0.15) is 4.72 Å². The molecule has 0 saturated carbocycles. The van der Waals surface area contributed by atoms with Crippen LogP contribution in [0.25, 0.3) is 0 Å². The summed E-state index contributed by atoms with van der Waals surface area (Å²) < 4.78 is 33.9. The molecule has 0 spiro atoms. The van der Waals surface area contributed by atoms with E-state index in [1.54, 1.807) is 24.3 Å². The van der Waals surface area contributed by atoms with Gasteiger partial charge in [0, 0.05) is 15.9 Å². The molecule has 0 aliphatic carbocycles. The van der Waals surface area contributed by atoms with E-state index in [4.69, 9.17) is 4.74 Å². The van der Waals surface area contributed by atoms with Gasteiger partial charge in [-0.3, -0.25) is 4.79 Å². The molecule has 0 heterocycles. The SMILES string of the molecule is C=C(I)[C@H](NS(=O)(=O)c1ccc(C)cc1)[C@H](OC(C)=O)C(C)(C)C. The summed E-state index contributed by atoms with van der Waals surface area (Å²) in [7, 11) is -3.77. The van der Waals surface area contributed by atoms with Crippen LogP contribution in [0.3, 0.4) is 0 Å². The van der Waals surface area contributed by atoms with Gasteiger partial charge in [-0.25, -0.2) is 8.42 Å². The van der Waals surface area contributed by atoms with Crippen LogP contribution < -0.4 is 4.72 Å². The number of rotatable bonds is 6. The maximum absolute atomic E-state index is 12.7. The van der Waals surface area contributed by atoms with Crippen LogP contribution in [-0.2, 0) is 19.6 Å². The van der Waals surface area contributed by atoms with E-state index in [1.165, 1.54) is 6.92 Å². The third-order valence-corrected chi connectivity index (χ3v) is 5.53. The Morgan fingerprint density at radius 2 is 1.75 bits per heavy atom. The van der Waals surface area contributed by atoms with Gasteiger partial charge < -0.3 is 4.74 Å². The van der Waals surface area contributed by atoms with Crippen molar-refractivity contribution >= 4 is 38.6 Å². The number of sulfonamides is 1. The summed E-state index contributed by atoms with van der Waals surface area (Å²) in [5.41, 5.74) is 0.497. The summed E-state index contributed by atoms with van der Waals surface area (Å²) >= 11 is 1.96. The van der Waals surface area contributed by atoms with Gasteiger partial charge in [0.1, 0.15) is 6.10 Å². The highest BCUT2D eigenvalue weighted by Crippen LogP contribution is 2.30. The lowest BCUT2D eigenvalue weighted by Gasteiger charge is -2.36. The molecule has 0 aromatic heterocycles. The van der Waals surface area contributed by atoms with Crippen LogP contribution in [0.5, 0.6) is 0 Å². The van der Waals surface area contributed by atoms with Crippen LogP contribution in [-0.4, -0.2) is 26.5 Å². The average molecular weight is 465 g/mol. The molecule has 0 aliphatic rings. The minimum atomic E-state index is -3.77. The van der Waals surface area contributed by atoms with Crippen molar-refractivity contribution in [1.29, 1.82) is 0 Å². The summed E-state index contributed by atoms with van der Waals surface area (Å²) in [4.78, 5) is 11.6. The lowest BCUT2D eigenvalue weighted by Crippen LogP contribution is -2.50. The summed E-state index contributed by atoms with van der Waals surface area (Å²) in [5, 5.41) is 0. The second-order valence-electron chi connectivity index (χ2n) is 6.75. The fraction of sp³-hybridized carbons (Fsp3) is 0.471. The number of hydrogen-bond donors (Lipinski definition) is 1. The minimum absolute atomic E-state index is 0.159. The first-order chi connectivity index (χ1) is 10.8. The summed E-state index contributed by atoms with van der Waals surface area (Å²) in [5.74, 6) is -0.466. The number of benzene rings is 1. The van der Waals surface area contributed by atoms with Crippen LogP contribution >= 0.6 is 22.6 Å². The molecule has 0 aliphatic heterocycles. The standard InChI is InChI=1S/C17H24INO4S/c1-11-7-9-14(10-8-11)24(21,22)19-15(12(2)18)16(17(4,5)6)23-13(3)20/h7-10,15-16,19H,2H2,1,3-6H3/t15-,16-/m0/s1. The highest BCUT2D eigenvalue weighted by molar-refractivity contribution is 14.1. The quantitative estimate of drug-likeness (QED) is 0.515. The third kappa shape index (κ3) is 5.86. The van der Waals surface area contributed by atoms with Crippen molar-refractivity contribution in [3.05, 3.63) is 40.0 Å². The Bertz CT molecular complexity index is 705. The second-order valence-corrected chi connectivity index (χ2v) is 9.85. The monoisotopic (exact) mass is 465 g/mol. The van der Waals surface area contributed by atoms with E-state index in [0.29, 0.717) is 3.58 Å². The molecule has 0 saturated heterocycles. The summed E-state index contributed by atoms with van der Waals surface area (Å²) in [6.45, 7) is 12.7. The number of ether oxygens (including phenoxy) is 1. The molecular weight excluding hydrogens is 441 g/mol. The summed E-state index contributed by atoms with van der Waals surface area (Å²) in [6.07, 6.45) is -0.681. The maximum Gasteiger partial charge on any atom is 0.302 e. The highest BCUT2D eigenvalue weighted by atomic mass is 127. The topological polar surface area (TPSA) is 72.5 Å². The van der Waals surface area contributed by atoms with Crippen LogP contribution in [0.2, 0.25) is 0 Å². The molecule has 0 unspecified atom stereocenters. The fourth-order valence-corrected chi connectivity index (χ4v) is 4.09. The van der Waals surface area contributed by atoms with Crippen molar-refractivity contribution < 1.29 is 17.9 Å². The van der Waals surface area contributed by atoms with Crippen molar-refractivity contribution in [2.45, 2.75) is 51.7 Å². The van der Waals surface area contributed by atoms with Gasteiger partial charge >= 0.3 is 5.97 Å². The van der Waals surface area contributed by atoms with Gasteiger partial charge in [-0.15, -0.1) is 0 Å². The smallest absolute Gasteiger partial charge is 0.302 e. The molecule has 0 amide bonds. The fourth-order valence-electron chi connectivity index (χ4n) is 2.17. The zero-order valence-electron chi connectivity index (χ0n) is 14.6.